The fourth-order valence-corrected chi connectivity index (χ4v) is 3.57. The molecule has 0 saturated carbocycles. The van der Waals surface area contributed by atoms with Crippen LogP contribution in [-0.4, -0.2) is 21.8 Å². The summed E-state index contributed by atoms with van der Waals surface area (Å²) in [4.78, 5) is 28.7. The first-order chi connectivity index (χ1) is 12.1. The van der Waals surface area contributed by atoms with Crippen LogP contribution in [0, 0.1) is 6.92 Å². The van der Waals surface area contributed by atoms with E-state index in [0.717, 1.165) is 12.0 Å². The molecule has 0 fully saturated rings. The van der Waals surface area contributed by atoms with E-state index in [1.165, 1.54) is 0 Å². The lowest BCUT2D eigenvalue weighted by Crippen LogP contribution is -2.23. The quantitative estimate of drug-likeness (QED) is 0.770. The fourth-order valence-electron chi connectivity index (χ4n) is 2.94. The second-order valence-electron chi connectivity index (χ2n) is 5.84. The van der Waals surface area contributed by atoms with Gasteiger partial charge in [0.05, 0.1) is 12.1 Å². The maximum atomic E-state index is 12.4. The summed E-state index contributed by atoms with van der Waals surface area (Å²) in [5.74, 6) is 1.23. The van der Waals surface area contributed by atoms with Crippen molar-refractivity contribution in [1.29, 1.82) is 0 Å². The molecule has 0 spiro atoms. The van der Waals surface area contributed by atoms with Crippen LogP contribution in [0.3, 0.4) is 0 Å². The smallest absolute Gasteiger partial charge is 0.287 e. The highest BCUT2D eigenvalue weighted by atomic mass is 32.1. The van der Waals surface area contributed by atoms with E-state index >= 15 is 0 Å². The van der Waals surface area contributed by atoms with E-state index in [2.05, 4.69) is 15.5 Å². The Balaban J connectivity index is 1.47. The van der Waals surface area contributed by atoms with E-state index < -0.39 is 5.91 Å². The third-order valence-corrected chi connectivity index (χ3v) is 4.84. The molecule has 0 atom stereocenters. The third kappa shape index (κ3) is 2.89. The van der Waals surface area contributed by atoms with Crippen LogP contribution in [0.25, 0.3) is 11.4 Å². The summed E-state index contributed by atoms with van der Waals surface area (Å²) >= 11 is 1.54. The Morgan fingerprint density at radius 3 is 3.04 bits per heavy atom. The van der Waals surface area contributed by atoms with Gasteiger partial charge in [-0.2, -0.15) is 16.3 Å². The van der Waals surface area contributed by atoms with Crippen molar-refractivity contribution < 1.29 is 18.5 Å². The number of aromatic nitrogens is 2. The zero-order valence-electron chi connectivity index (χ0n) is 13.5. The van der Waals surface area contributed by atoms with Crippen LogP contribution in [0.1, 0.15) is 51.0 Å². The SMILES string of the molecule is Cc1c(C(=O)NCc2nc(-c3ccsc3)no2)oc2c1C(=O)CCC2. The van der Waals surface area contributed by atoms with Gasteiger partial charge in [0.2, 0.25) is 11.7 Å². The molecular weight excluding hydrogens is 342 g/mol. The lowest BCUT2D eigenvalue weighted by Gasteiger charge is -2.07. The summed E-state index contributed by atoms with van der Waals surface area (Å²) in [7, 11) is 0. The van der Waals surface area contributed by atoms with Gasteiger partial charge in [-0.25, -0.2) is 0 Å². The molecule has 0 unspecified atom stereocenters. The molecule has 1 amide bonds. The molecule has 0 aliphatic heterocycles. The number of thiophene rings is 1. The number of carbonyl (C=O) groups excluding carboxylic acids is 2. The number of Topliss-reactive ketones (excluding diaryl/α,β-unsaturated/α-hetero) is 1. The van der Waals surface area contributed by atoms with Gasteiger partial charge < -0.3 is 14.3 Å². The standard InChI is InChI=1S/C17H15N3O4S/c1-9-14-11(21)3-2-4-12(14)23-15(9)17(22)18-7-13-19-16(20-24-13)10-5-6-25-8-10/h5-6,8H,2-4,7H2,1H3,(H,18,22). The Morgan fingerprint density at radius 1 is 1.40 bits per heavy atom. The molecule has 1 aliphatic rings. The Morgan fingerprint density at radius 2 is 2.28 bits per heavy atom. The van der Waals surface area contributed by atoms with Crippen molar-refractivity contribution in [2.24, 2.45) is 0 Å². The monoisotopic (exact) mass is 357 g/mol. The first-order valence-corrected chi connectivity index (χ1v) is 8.86. The van der Waals surface area contributed by atoms with E-state index in [1.807, 2.05) is 16.8 Å². The number of aryl methyl sites for hydroxylation is 1. The second-order valence-corrected chi connectivity index (χ2v) is 6.62. The van der Waals surface area contributed by atoms with Gasteiger partial charge in [0, 0.05) is 29.3 Å². The van der Waals surface area contributed by atoms with Crippen LogP contribution in [0.5, 0.6) is 0 Å². The minimum atomic E-state index is -0.394. The Bertz CT molecular complexity index is 939. The maximum absolute atomic E-state index is 12.4. The molecule has 25 heavy (non-hydrogen) atoms. The molecule has 3 aromatic heterocycles. The van der Waals surface area contributed by atoms with Gasteiger partial charge in [-0.3, -0.25) is 9.59 Å². The first-order valence-electron chi connectivity index (χ1n) is 7.92. The molecule has 4 rings (SSSR count). The van der Waals surface area contributed by atoms with Crippen LogP contribution >= 0.6 is 11.3 Å². The summed E-state index contributed by atoms with van der Waals surface area (Å²) in [6.07, 6.45) is 1.94. The summed E-state index contributed by atoms with van der Waals surface area (Å²) in [6.45, 7) is 1.83. The first kappa shape index (κ1) is 15.8. The van der Waals surface area contributed by atoms with Crippen molar-refractivity contribution in [3.05, 3.63) is 45.4 Å². The number of rotatable bonds is 4. The summed E-state index contributed by atoms with van der Waals surface area (Å²) in [5, 5.41) is 10.4. The predicted molar refractivity (Wildman–Crippen MR) is 89.5 cm³/mol. The number of furan rings is 1. The van der Waals surface area contributed by atoms with Crippen LogP contribution < -0.4 is 5.32 Å². The van der Waals surface area contributed by atoms with Gasteiger partial charge in [0.1, 0.15) is 5.76 Å². The van der Waals surface area contributed by atoms with Crippen molar-refractivity contribution in [1.82, 2.24) is 15.5 Å². The van der Waals surface area contributed by atoms with Crippen LogP contribution in [0.15, 0.2) is 25.8 Å². The zero-order valence-corrected chi connectivity index (χ0v) is 14.3. The topological polar surface area (TPSA) is 98.2 Å². The van der Waals surface area contributed by atoms with Crippen molar-refractivity contribution in [3.63, 3.8) is 0 Å². The number of nitrogens with one attached hydrogen (secondary N) is 1. The molecule has 3 heterocycles. The average molecular weight is 357 g/mol. The molecule has 3 aromatic rings. The molecule has 8 heteroatoms. The number of amides is 1. The summed E-state index contributed by atoms with van der Waals surface area (Å²) in [6, 6.07) is 1.89. The number of carbonyl (C=O) groups is 2. The number of fused-ring (bicyclic) bond motifs is 1. The fraction of sp³-hybridized carbons (Fsp3) is 0.294. The van der Waals surface area contributed by atoms with Gasteiger partial charge >= 0.3 is 0 Å². The maximum Gasteiger partial charge on any atom is 0.287 e. The van der Waals surface area contributed by atoms with Crippen molar-refractivity contribution in [2.75, 3.05) is 0 Å². The van der Waals surface area contributed by atoms with E-state index in [4.69, 9.17) is 8.94 Å². The van der Waals surface area contributed by atoms with E-state index in [1.54, 1.807) is 18.3 Å². The molecule has 128 valence electrons. The Labute approximate surface area is 147 Å². The number of hydrogen-bond donors (Lipinski definition) is 1. The molecule has 7 nitrogen and oxygen atoms in total. The zero-order chi connectivity index (χ0) is 17.4. The van der Waals surface area contributed by atoms with Crippen LogP contribution in [-0.2, 0) is 13.0 Å². The predicted octanol–water partition coefficient (Wildman–Crippen LogP) is 3.15. The van der Waals surface area contributed by atoms with Gasteiger partial charge in [-0.05, 0) is 24.8 Å². The molecule has 0 aromatic carbocycles. The molecule has 1 N–H and O–H groups in total. The van der Waals surface area contributed by atoms with E-state index in [0.29, 0.717) is 41.4 Å². The lowest BCUT2D eigenvalue weighted by atomic mass is 9.94. The van der Waals surface area contributed by atoms with Crippen molar-refractivity contribution >= 4 is 23.0 Å². The number of nitrogens with zero attached hydrogens (tertiary/aromatic N) is 2. The van der Waals surface area contributed by atoms with Crippen molar-refractivity contribution in [3.8, 4) is 11.4 Å². The molecular formula is C17H15N3O4S. The normalized spacial score (nSPS) is 13.7. The largest absolute Gasteiger partial charge is 0.455 e. The van der Waals surface area contributed by atoms with E-state index in [9.17, 15) is 9.59 Å². The van der Waals surface area contributed by atoms with E-state index in [-0.39, 0.29) is 18.1 Å². The van der Waals surface area contributed by atoms with Crippen LogP contribution in [0.2, 0.25) is 0 Å². The number of ketones is 1. The minimum Gasteiger partial charge on any atom is -0.455 e. The van der Waals surface area contributed by atoms with Crippen molar-refractivity contribution in [2.45, 2.75) is 32.7 Å². The third-order valence-electron chi connectivity index (χ3n) is 4.16. The number of hydrogen-bond acceptors (Lipinski definition) is 7. The average Bonchev–Trinajstić information content (AvgIpc) is 3.33. The molecule has 0 bridgehead atoms. The van der Waals surface area contributed by atoms with Gasteiger partial charge in [0.15, 0.2) is 11.5 Å². The van der Waals surface area contributed by atoms with Gasteiger partial charge in [-0.1, -0.05) is 5.16 Å². The highest BCUT2D eigenvalue weighted by Gasteiger charge is 2.28. The highest BCUT2D eigenvalue weighted by molar-refractivity contribution is 7.08. The summed E-state index contributed by atoms with van der Waals surface area (Å²) in [5.41, 5.74) is 2.04. The van der Waals surface area contributed by atoms with Crippen LogP contribution in [0.4, 0.5) is 0 Å². The Kier molecular flexibility index (Phi) is 3.96. The Hall–Kier alpha value is -2.74. The van der Waals surface area contributed by atoms with Gasteiger partial charge in [0.25, 0.3) is 5.91 Å². The highest BCUT2D eigenvalue weighted by Crippen LogP contribution is 2.29. The minimum absolute atomic E-state index is 0.0406. The molecule has 0 saturated heterocycles. The lowest BCUT2D eigenvalue weighted by molar-refractivity contribution is 0.0912. The second kappa shape index (κ2) is 6.29. The van der Waals surface area contributed by atoms with Gasteiger partial charge in [-0.15, -0.1) is 0 Å². The molecule has 1 aliphatic carbocycles. The molecule has 0 radical (unpaired) electrons. The summed E-state index contributed by atoms with van der Waals surface area (Å²) < 4.78 is 10.8.